The number of rotatable bonds is 5. The lowest BCUT2D eigenvalue weighted by molar-refractivity contribution is -0.128. The van der Waals surface area contributed by atoms with E-state index in [0.717, 1.165) is 25.9 Å². The summed E-state index contributed by atoms with van der Waals surface area (Å²) in [6.45, 7) is 8.10. The second-order valence-corrected chi connectivity index (χ2v) is 5.77. The molecule has 0 saturated carbocycles. The van der Waals surface area contributed by atoms with Crippen LogP contribution in [0.2, 0.25) is 0 Å². The predicted molar refractivity (Wildman–Crippen MR) is 68.6 cm³/mol. The molecule has 100 valence electrons. The lowest BCUT2D eigenvalue weighted by Gasteiger charge is -2.35. The molecule has 0 aromatic carbocycles. The molecule has 2 unspecified atom stereocenters. The van der Waals surface area contributed by atoms with Crippen LogP contribution in [0.25, 0.3) is 0 Å². The maximum Gasteiger partial charge on any atom is 0.224 e. The Morgan fingerprint density at radius 2 is 2.24 bits per heavy atom. The molecule has 0 radical (unpaired) electrons. The Bertz CT molecular complexity index is 248. The number of nitrogens with two attached hydrogens (primary N) is 1. The fourth-order valence-electron chi connectivity index (χ4n) is 2.31. The van der Waals surface area contributed by atoms with E-state index >= 15 is 0 Å². The van der Waals surface area contributed by atoms with Gasteiger partial charge in [0.2, 0.25) is 5.91 Å². The Balaban J connectivity index is 2.50. The summed E-state index contributed by atoms with van der Waals surface area (Å²) in [5.74, 6) is 0.493. The Morgan fingerprint density at radius 1 is 1.53 bits per heavy atom. The molecule has 1 aliphatic heterocycles. The van der Waals surface area contributed by atoms with Crippen molar-refractivity contribution in [3.63, 3.8) is 0 Å². The number of amides is 1. The van der Waals surface area contributed by atoms with E-state index in [2.05, 4.69) is 19.2 Å². The lowest BCUT2D eigenvalue weighted by atomic mass is 9.91. The molecule has 0 bridgehead atoms. The molecule has 4 nitrogen and oxygen atoms in total. The third-order valence-electron chi connectivity index (χ3n) is 3.27. The van der Waals surface area contributed by atoms with Crippen LogP contribution in [0.4, 0.5) is 0 Å². The van der Waals surface area contributed by atoms with Crippen LogP contribution in [0.5, 0.6) is 0 Å². The average Bonchev–Trinajstić information content (AvgIpc) is 2.25. The Kier molecular flexibility index (Phi) is 5.40. The smallest absolute Gasteiger partial charge is 0.224 e. The number of carbonyl (C=O) groups is 1. The highest BCUT2D eigenvalue weighted by molar-refractivity contribution is 5.79. The summed E-state index contributed by atoms with van der Waals surface area (Å²) >= 11 is 0. The molecule has 1 heterocycles. The lowest BCUT2D eigenvalue weighted by Crippen LogP contribution is -2.54. The minimum atomic E-state index is -0.209. The summed E-state index contributed by atoms with van der Waals surface area (Å²) in [6.07, 6.45) is 2.84. The number of carbonyl (C=O) groups excluding carboxylic acids is 1. The van der Waals surface area contributed by atoms with E-state index in [1.807, 2.05) is 6.92 Å². The third-order valence-corrected chi connectivity index (χ3v) is 3.27. The summed E-state index contributed by atoms with van der Waals surface area (Å²) in [4.78, 5) is 12.1. The van der Waals surface area contributed by atoms with E-state index < -0.39 is 0 Å². The van der Waals surface area contributed by atoms with Crippen LogP contribution in [-0.4, -0.2) is 31.2 Å². The minimum absolute atomic E-state index is 0.0752. The molecule has 4 heteroatoms. The summed E-state index contributed by atoms with van der Waals surface area (Å²) < 4.78 is 5.43. The first kappa shape index (κ1) is 14.5. The standard InChI is InChI=1S/C13H26N2O2/c1-10(2)7-11(8-14)12(16)15-13(3)5-4-6-17-9-13/h10-11H,4-9,14H2,1-3H3,(H,15,16). The maximum atomic E-state index is 12.1. The molecule has 17 heavy (non-hydrogen) atoms. The second-order valence-electron chi connectivity index (χ2n) is 5.77. The first-order chi connectivity index (χ1) is 7.97. The van der Waals surface area contributed by atoms with Gasteiger partial charge in [0.25, 0.3) is 0 Å². The van der Waals surface area contributed by atoms with Gasteiger partial charge in [0.15, 0.2) is 0 Å². The summed E-state index contributed by atoms with van der Waals surface area (Å²) in [6, 6.07) is 0. The Labute approximate surface area is 104 Å². The van der Waals surface area contributed by atoms with Crippen molar-refractivity contribution in [1.82, 2.24) is 5.32 Å². The van der Waals surface area contributed by atoms with Gasteiger partial charge in [-0.05, 0) is 32.1 Å². The largest absolute Gasteiger partial charge is 0.379 e. The normalized spacial score (nSPS) is 26.9. The highest BCUT2D eigenvalue weighted by Gasteiger charge is 2.31. The predicted octanol–water partition coefficient (Wildman–Crippen LogP) is 1.29. The van der Waals surface area contributed by atoms with E-state index in [1.54, 1.807) is 0 Å². The molecule has 1 saturated heterocycles. The molecule has 0 aliphatic carbocycles. The number of hydrogen-bond acceptors (Lipinski definition) is 3. The summed E-state index contributed by atoms with van der Waals surface area (Å²) in [7, 11) is 0. The summed E-state index contributed by atoms with van der Waals surface area (Å²) in [5.41, 5.74) is 5.47. The van der Waals surface area contributed by atoms with Crippen LogP contribution in [0.3, 0.4) is 0 Å². The van der Waals surface area contributed by atoms with E-state index in [9.17, 15) is 4.79 Å². The zero-order chi connectivity index (χ0) is 12.9. The van der Waals surface area contributed by atoms with Crippen molar-refractivity contribution in [1.29, 1.82) is 0 Å². The van der Waals surface area contributed by atoms with Gasteiger partial charge < -0.3 is 15.8 Å². The van der Waals surface area contributed by atoms with E-state index in [4.69, 9.17) is 10.5 Å². The molecule has 0 aromatic heterocycles. The number of hydrogen-bond donors (Lipinski definition) is 2. The molecular weight excluding hydrogens is 216 g/mol. The number of nitrogens with one attached hydrogen (secondary N) is 1. The van der Waals surface area contributed by atoms with Crippen molar-refractivity contribution >= 4 is 5.91 Å². The van der Waals surface area contributed by atoms with Crippen molar-refractivity contribution < 1.29 is 9.53 Å². The van der Waals surface area contributed by atoms with Crippen LogP contribution >= 0.6 is 0 Å². The highest BCUT2D eigenvalue weighted by Crippen LogP contribution is 2.20. The highest BCUT2D eigenvalue weighted by atomic mass is 16.5. The van der Waals surface area contributed by atoms with Crippen LogP contribution in [0, 0.1) is 11.8 Å². The van der Waals surface area contributed by atoms with Gasteiger partial charge in [-0.25, -0.2) is 0 Å². The molecule has 2 atom stereocenters. The molecule has 1 fully saturated rings. The van der Waals surface area contributed by atoms with Crippen LogP contribution in [0.15, 0.2) is 0 Å². The molecular formula is C13H26N2O2. The number of ether oxygens (including phenoxy) is 1. The van der Waals surface area contributed by atoms with E-state index in [1.165, 1.54) is 0 Å². The zero-order valence-electron chi connectivity index (χ0n) is 11.3. The van der Waals surface area contributed by atoms with Crippen molar-refractivity contribution in [2.24, 2.45) is 17.6 Å². The minimum Gasteiger partial charge on any atom is -0.379 e. The van der Waals surface area contributed by atoms with Gasteiger partial charge in [-0.15, -0.1) is 0 Å². The van der Waals surface area contributed by atoms with Crippen molar-refractivity contribution in [2.45, 2.75) is 45.6 Å². The van der Waals surface area contributed by atoms with E-state index in [-0.39, 0.29) is 17.4 Å². The third kappa shape index (κ3) is 4.64. The fraction of sp³-hybridized carbons (Fsp3) is 0.923. The van der Waals surface area contributed by atoms with Gasteiger partial charge in [0.05, 0.1) is 18.1 Å². The Morgan fingerprint density at radius 3 is 2.71 bits per heavy atom. The van der Waals surface area contributed by atoms with Crippen LogP contribution in [-0.2, 0) is 9.53 Å². The van der Waals surface area contributed by atoms with Crippen molar-refractivity contribution in [3.8, 4) is 0 Å². The molecule has 1 aliphatic rings. The first-order valence-electron chi connectivity index (χ1n) is 6.56. The zero-order valence-corrected chi connectivity index (χ0v) is 11.3. The van der Waals surface area contributed by atoms with E-state index in [0.29, 0.717) is 19.1 Å². The molecule has 1 rings (SSSR count). The Hall–Kier alpha value is -0.610. The average molecular weight is 242 g/mol. The van der Waals surface area contributed by atoms with Gasteiger partial charge >= 0.3 is 0 Å². The van der Waals surface area contributed by atoms with Gasteiger partial charge in [-0.2, -0.15) is 0 Å². The summed E-state index contributed by atoms with van der Waals surface area (Å²) in [5, 5.41) is 3.11. The topological polar surface area (TPSA) is 64.4 Å². The molecule has 0 spiro atoms. The molecule has 3 N–H and O–H groups in total. The molecule has 0 aromatic rings. The SMILES string of the molecule is CC(C)CC(CN)C(=O)NC1(C)CCCOC1. The quantitative estimate of drug-likeness (QED) is 0.763. The maximum absolute atomic E-state index is 12.1. The molecule has 1 amide bonds. The fourth-order valence-corrected chi connectivity index (χ4v) is 2.31. The first-order valence-corrected chi connectivity index (χ1v) is 6.56. The van der Waals surface area contributed by atoms with Crippen molar-refractivity contribution in [3.05, 3.63) is 0 Å². The van der Waals surface area contributed by atoms with Gasteiger partial charge in [-0.3, -0.25) is 4.79 Å². The van der Waals surface area contributed by atoms with Crippen LogP contribution in [0.1, 0.15) is 40.0 Å². The monoisotopic (exact) mass is 242 g/mol. The van der Waals surface area contributed by atoms with Crippen molar-refractivity contribution in [2.75, 3.05) is 19.8 Å². The second kappa shape index (κ2) is 6.36. The van der Waals surface area contributed by atoms with Gasteiger partial charge in [-0.1, -0.05) is 13.8 Å². The van der Waals surface area contributed by atoms with Gasteiger partial charge in [0.1, 0.15) is 0 Å². The van der Waals surface area contributed by atoms with Gasteiger partial charge in [0, 0.05) is 13.2 Å². The van der Waals surface area contributed by atoms with Crippen LogP contribution < -0.4 is 11.1 Å².